The molecule has 0 aromatic carbocycles. The van der Waals surface area contributed by atoms with Gasteiger partial charge in [-0.1, -0.05) is 6.92 Å². The first kappa shape index (κ1) is 10.1. The average Bonchev–Trinajstić information content (AvgIpc) is 2.18. The van der Waals surface area contributed by atoms with Gasteiger partial charge in [0.05, 0.1) is 0 Å². The van der Waals surface area contributed by atoms with Gasteiger partial charge in [-0.05, 0) is 18.4 Å². The van der Waals surface area contributed by atoms with Crippen LogP contribution in [0.1, 0.15) is 13.3 Å². The summed E-state index contributed by atoms with van der Waals surface area (Å²) in [5, 5.41) is 2.70. The molecule has 0 radical (unpaired) electrons. The topological polar surface area (TPSA) is 42.0 Å². The van der Waals surface area contributed by atoms with Crippen LogP contribution >= 0.6 is 11.8 Å². The molecule has 1 aromatic rings. The highest BCUT2D eigenvalue weighted by Crippen LogP contribution is 2.16. The molecule has 0 atom stereocenters. The highest BCUT2D eigenvalue weighted by Gasteiger charge is 1.99. The van der Waals surface area contributed by atoms with Crippen molar-refractivity contribution in [1.29, 1.82) is 0 Å². The molecule has 3 nitrogen and oxygen atoms in total. The molecule has 0 spiro atoms. The lowest BCUT2D eigenvalue weighted by Gasteiger charge is -2.03. The molecule has 1 heterocycles. The Balaban J connectivity index is 2.71. The van der Waals surface area contributed by atoms with Crippen molar-refractivity contribution in [2.24, 2.45) is 0 Å². The Morgan fingerprint density at radius 2 is 2.46 bits per heavy atom. The molecule has 0 aliphatic rings. The second-order valence-electron chi connectivity index (χ2n) is 2.48. The molecule has 1 N–H and O–H groups in total. The summed E-state index contributed by atoms with van der Waals surface area (Å²) in [7, 11) is 0. The molecule has 1 rings (SSSR count). The van der Waals surface area contributed by atoms with E-state index in [9.17, 15) is 4.79 Å². The van der Waals surface area contributed by atoms with Crippen molar-refractivity contribution < 1.29 is 4.79 Å². The van der Waals surface area contributed by atoms with Crippen LogP contribution in [-0.4, -0.2) is 17.1 Å². The van der Waals surface area contributed by atoms with Gasteiger partial charge in [0.25, 0.3) is 0 Å². The quantitative estimate of drug-likeness (QED) is 0.753. The zero-order chi connectivity index (χ0) is 9.68. The number of rotatable bonds is 3. The summed E-state index contributed by atoms with van der Waals surface area (Å²) in [6.07, 6.45) is 4.16. The molecular formula is C9H12N2OS. The average molecular weight is 196 g/mol. The molecule has 0 saturated heterocycles. The van der Waals surface area contributed by atoms with Crippen LogP contribution in [0, 0.1) is 0 Å². The summed E-state index contributed by atoms with van der Waals surface area (Å²) in [6.45, 7) is 1.81. The van der Waals surface area contributed by atoms with Gasteiger partial charge in [-0.2, -0.15) is 0 Å². The maximum absolute atomic E-state index is 11.0. The van der Waals surface area contributed by atoms with Crippen LogP contribution in [0.4, 0.5) is 5.82 Å². The minimum absolute atomic E-state index is 0.00856. The third kappa shape index (κ3) is 3.06. The van der Waals surface area contributed by atoms with Gasteiger partial charge < -0.3 is 5.32 Å². The van der Waals surface area contributed by atoms with Gasteiger partial charge in [-0.15, -0.1) is 11.8 Å². The maximum atomic E-state index is 11.0. The van der Waals surface area contributed by atoms with E-state index >= 15 is 0 Å². The van der Waals surface area contributed by atoms with Gasteiger partial charge in [0, 0.05) is 17.5 Å². The Bertz CT molecular complexity index is 301. The maximum Gasteiger partial charge on any atom is 0.225 e. The summed E-state index contributed by atoms with van der Waals surface area (Å²) in [5.74, 6) is 0.615. The number of amides is 1. The molecule has 0 aliphatic heterocycles. The lowest BCUT2D eigenvalue weighted by Crippen LogP contribution is -2.10. The predicted octanol–water partition coefficient (Wildman–Crippen LogP) is 2.15. The molecule has 0 bridgehead atoms. The molecule has 4 heteroatoms. The van der Waals surface area contributed by atoms with Crippen LogP contribution in [0.3, 0.4) is 0 Å². The zero-order valence-corrected chi connectivity index (χ0v) is 8.52. The monoisotopic (exact) mass is 196 g/mol. The van der Waals surface area contributed by atoms with Crippen molar-refractivity contribution >= 4 is 23.5 Å². The molecule has 0 fully saturated rings. The van der Waals surface area contributed by atoms with Crippen LogP contribution in [0.15, 0.2) is 23.2 Å². The molecule has 13 heavy (non-hydrogen) atoms. The van der Waals surface area contributed by atoms with E-state index in [1.807, 2.05) is 25.3 Å². The molecule has 0 aliphatic carbocycles. The first-order valence-corrected chi connectivity index (χ1v) is 5.28. The summed E-state index contributed by atoms with van der Waals surface area (Å²) >= 11 is 1.63. The number of anilines is 1. The molecule has 70 valence electrons. The standard InChI is InChI=1S/C9H12N2OS/c1-3-9(12)11-8-6-7(13-2)4-5-10-8/h4-6H,3H2,1-2H3,(H,10,11,12). The van der Waals surface area contributed by atoms with Crippen molar-refractivity contribution in [3.63, 3.8) is 0 Å². The largest absolute Gasteiger partial charge is 0.311 e. The van der Waals surface area contributed by atoms with E-state index in [4.69, 9.17) is 0 Å². The van der Waals surface area contributed by atoms with Crippen molar-refractivity contribution in [1.82, 2.24) is 4.98 Å². The number of nitrogens with one attached hydrogen (secondary N) is 1. The van der Waals surface area contributed by atoms with Gasteiger partial charge in [-0.25, -0.2) is 4.98 Å². The summed E-state index contributed by atoms with van der Waals surface area (Å²) in [6, 6.07) is 3.77. The fraction of sp³-hybridized carbons (Fsp3) is 0.333. The number of hydrogen-bond donors (Lipinski definition) is 1. The van der Waals surface area contributed by atoms with E-state index in [1.165, 1.54) is 0 Å². The molecule has 0 unspecified atom stereocenters. The minimum Gasteiger partial charge on any atom is -0.311 e. The Morgan fingerprint density at radius 1 is 1.69 bits per heavy atom. The fourth-order valence-corrected chi connectivity index (χ4v) is 1.26. The smallest absolute Gasteiger partial charge is 0.225 e. The fourth-order valence-electron chi connectivity index (χ4n) is 0.838. The Labute approximate surface area is 81.9 Å². The van der Waals surface area contributed by atoms with Crippen LogP contribution in [0.5, 0.6) is 0 Å². The van der Waals surface area contributed by atoms with Crippen LogP contribution in [0.2, 0.25) is 0 Å². The Kier molecular flexibility index (Phi) is 3.76. The lowest BCUT2D eigenvalue weighted by molar-refractivity contribution is -0.115. The van der Waals surface area contributed by atoms with Gasteiger partial charge >= 0.3 is 0 Å². The summed E-state index contributed by atoms with van der Waals surface area (Å²) < 4.78 is 0. The second kappa shape index (κ2) is 4.87. The van der Waals surface area contributed by atoms with E-state index in [0.717, 1.165) is 4.90 Å². The van der Waals surface area contributed by atoms with E-state index in [-0.39, 0.29) is 5.91 Å². The number of hydrogen-bond acceptors (Lipinski definition) is 3. The number of pyridine rings is 1. The van der Waals surface area contributed by atoms with E-state index in [0.29, 0.717) is 12.2 Å². The van der Waals surface area contributed by atoms with E-state index < -0.39 is 0 Å². The van der Waals surface area contributed by atoms with Crippen molar-refractivity contribution in [2.75, 3.05) is 11.6 Å². The third-order valence-electron chi connectivity index (χ3n) is 1.56. The zero-order valence-electron chi connectivity index (χ0n) is 7.70. The van der Waals surface area contributed by atoms with Gasteiger partial charge in [0.2, 0.25) is 5.91 Å². The van der Waals surface area contributed by atoms with Crippen molar-refractivity contribution in [3.05, 3.63) is 18.3 Å². The number of carbonyl (C=O) groups excluding carboxylic acids is 1. The highest BCUT2D eigenvalue weighted by atomic mass is 32.2. The Morgan fingerprint density at radius 3 is 3.08 bits per heavy atom. The number of thioether (sulfide) groups is 1. The molecular weight excluding hydrogens is 184 g/mol. The van der Waals surface area contributed by atoms with Gasteiger partial charge in [0.15, 0.2) is 0 Å². The lowest BCUT2D eigenvalue weighted by atomic mass is 10.4. The predicted molar refractivity (Wildman–Crippen MR) is 54.9 cm³/mol. The van der Waals surface area contributed by atoms with Gasteiger partial charge in [-0.3, -0.25) is 4.79 Å². The summed E-state index contributed by atoms with van der Waals surface area (Å²) in [4.78, 5) is 16.2. The van der Waals surface area contributed by atoms with Crippen molar-refractivity contribution in [3.8, 4) is 0 Å². The van der Waals surface area contributed by atoms with Gasteiger partial charge in [0.1, 0.15) is 5.82 Å². The molecule has 1 amide bonds. The van der Waals surface area contributed by atoms with Crippen LogP contribution in [0.25, 0.3) is 0 Å². The van der Waals surface area contributed by atoms with Crippen LogP contribution in [-0.2, 0) is 4.79 Å². The van der Waals surface area contributed by atoms with Crippen molar-refractivity contribution in [2.45, 2.75) is 18.2 Å². The first-order chi connectivity index (χ1) is 6.26. The minimum atomic E-state index is -0.00856. The normalized spacial score (nSPS) is 9.69. The molecule has 0 saturated carbocycles. The SMILES string of the molecule is CCC(=O)Nc1cc(SC)ccn1. The summed E-state index contributed by atoms with van der Waals surface area (Å²) in [5.41, 5.74) is 0. The Hall–Kier alpha value is -1.03. The van der Waals surface area contributed by atoms with Crippen LogP contribution < -0.4 is 5.32 Å². The number of nitrogens with zero attached hydrogens (tertiary/aromatic N) is 1. The number of carbonyl (C=O) groups is 1. The number of aromatic nitrogens is 1. The highest BCUT2D eigenvalue weighted by molar-refractivity contribution is 7.98. The third-order valence-corrected chi connectivity index (χ3v) is 2.28. The van der Waals surface area contributed by atoms with E-state index in [2.05, 4.69) is 10.3 Å². The van der Waals surface area contributed by atoms with E-state index in [1.54, 1.807) is 18.0 Å². The second-order valence-corrected chi connectivity index (χ2v) is 3.36. The molecule has 1 aromatic heterocycles. The first-order valence-electron chi connectivity index (χ1n) is 4.06.